The van der Waals surface area contributed by atoms with Gasteiger partial charge >= 0.3 is 5.97 Å². The lowest BCUT2D eigenvalue weighted by atomic mass is 9.85. The van der Waals surface area contributed by atoms with E-state index < -0.39 is 0 Å². The number of aldehydes is 1. The van der Waals surface area contributed by atoms with Gasteiger partial charge in [0.2, 0.25) is 0 Å². The monoisotopic (exact) mass is 374 g/mol. The summed E-state index contributed by atoms with van der Waals surface area (Å²) in [7, 11) is 1.46. The van der Waals surface area contributed by atoms with Crippen molar-refractivity contribution < 1.29 is 19.1 Å². The van der Waals surface area contributed by atoms with Crippen LogP contribution in [-0.4, -0.2) is 49.6 Å². The number of hydrogen-bond donors (Lipinski definition) is 0. The van der Waals surface area contributed by atoms with E-state index in [-0.39, 0.29) is 5.97 Å². The van der Waals surface area contributed by atoms with E-state index in [9.17, 15) is 9.59 Å². The minimum absolute atomic E-state index is 0.100. The van der Waals surface area contributed by atoms with Crippen molar-refractivity contribution in [3.8, 4) is 0 Å². The summed E-state index contributed by atoms with van der Waals surface area (Å²) in [5, 5.41) is 0. The fraction of sp³-hybridized carbons (Fsp3) is 0.667. The number of nitrogens with zero attached hydrogens (tertiary/aromatic N) is 2. The van der Waals surface area contributed by atoms with Crippen molar-refractivity contribution in [1.82, 2.24) is 4.98 Å². The molecule has 1 saturated heterocycles. The average molecular weight is 374 g/mol. The Morgan fingerprint density at radius 1 is 1.15 bits per heavy atom. The predicted molar refractivity (Wildman–Crippen MR) is 103 cm³/mol. The molecule has 0 bridgehead atoms. The van der Waals surface area contributed by atoms with E-state index in [1.807, 2.05) is 19.1 Å². The first-order valence-corrected chi connectivity index (χ1v) is 9.99. The van der Waals surface area contributed by atoms with Crippen LogP contribution in [0, 0.1) is 12.8 Å². The van der Waals surface area contributed by atoms with Gasteiger partial charge in [0.05, 0.1) is 25.0 Å². The highest BCUT2D eigenvalue weighted by Crippen LogP contribution is 2.31. The lowest BCUT2D eigenvalue weighted by Crippen LogP contribution is -2.39. The van der Waals surface area contributed by atoms with Crippen molar-refractivity contribution in [2.75, 3.05) is 25.1 Å². The van der Waals surface area contributed by atoms with E-state index in [0.29, 0.717) is 30.1 Å². The molecule has 0 amide bonds. The highest BCUT2D eigenvalue weighted by Gasteiger charge is 2.28. The third-order valence-electron chi connectivity index (χ3n) is 5.87. The first kappa shape index (κ1) is 19.8. The molecule has 1 aliphatic heterocycles. The molecule has 27 heavy (non-hydrogen) atoms. The number of anilines is 1. The number of carbonyl (C=O) groups is 2. The van der Waals surface area contributed by atoms with Crippen molar-refractivity contribution in [3.05, 3.63) is 23.4 Å². The van der Waals surface area contributed by atoms with Crippen LogP contribution >= 0.6 is 0 Å². The molecule has 2 fully saturated rings. The Balaban J connectivity index is 1.42. The van der Waals surface area contributed by atoms with Gasteiger partial charge in [0.1, 0.15) is 5.82 Å². The number of esters is 1. The Morgan fingerprint density at radius 3 is 2.41 bits per heavy atom. The Labute approximate surface area is 161 Å². The van der Waals surface area contributed by atoms with Crippen LogP contribution in [0.4, 0.5) is 5.82 Å². The maximum atomic E-state index is 11.4. The molecule has 2 heterocycles. The number of piperidine rings is 1. The minimum Gasteiger partial charge on any atom is -0.469 e. The molecular formula is C21H30N2O4. The second-order valence-corrected chi connectivity index (χ2v) is 7.71. The summed E-state index contributed by atoms with van der Waals surface area (Å²) in [6.07, 6.45) is 8.18. The van der Waals surface area contributed by atoms with Crippen LogP contribution in [0.15, 0.2) is 12.1 Å². The molecule has 0 atom stereocenters. The van der Waals surface area contributed by atoms with Gasteiger partial charge in [-0.15, -0.1) is 0 Å². The molecule has 0 aromatic carbocycles. The number of ether oxygens (including phenoxy) is 2. The Hall–Kier alpha value is -1.95. The lowest BCUT2D eigenvalue weighted by Gasteiger charge is -2.36. The van der Waals surface area contributed by atoms with Crippen LogP contribution in [0.3, 0.4) is 0 Å². The molecule has 0 spiro atoms. The zero-order chi connectivity index (χ0) is 19.2. The summed E-state index contributed by atoms with van der Waals surface area (Å²) in [4.78, 5) is 29.2. The second-order valence-electron chi connectivity index (χ2n) is 7.71. The molecule has 1 aliphatic carbocycles. The summed E-state index contributed by atoms with van der Waals surface area (Å²) in [6.45, 7) is 3.73. The van der Waals surface area contributed by atoms with E-state index in [4.69, 9.17) is 9.47 Å². The zero-order valence-electron chi connectivity index (χ0n) is 16.4. The third-order valence-corrected chi connectivity index (χ3v) is 5.87. The normalized spacial score (nSPS) is 23.9. The molecule has 2 aliphatic rings. The molecule has 1 aromatic heterocycles. The standard InChI is InChI=1S/C21H30N2O4/c1-15-17(14-24)5-8-20(22-15)23-11-9-19(10-12-23)27-18-6-3-16(4-7-18)13-21(25)26-2/h5,8,14,16,18-19H,3-4,6-7,9-13H2,1-2H3/t16-,18+. The predicted octanol–water partition coefficient (Wildman–Crippen LogP) is 3.31. The van der Waals surface area contributed by atoms with Gasteiger partial charge in [-0.3, -0.25) is 9.59 Å². The first-order chi connectivity index (χ1) is 13.1. The van der Waals surface area contributed by atoms with Crippen molar-refractivity contribution in [2.24, 2.45) is 5.92 Å². The topological polar surface area (TPSA) is 68.7 Å². The molecule has 0 radical (unpaired) electrons. The van der Waals surface area contributed by atoms with Crippen molar-refractivity contribution in [3.63, 3.8) is 0 Å². The van der Waals surface area contributed by atoms with Gasteiger partial charge in [-0.1, -0.05) is 0 Å². The molecular weight excluding hydrogens is 344 g/mol. The SMILES string of the molecule is COC(=O)C[C@H]1CC[C@@H](OC2CCN(c3ccc(C=O)c(C)n3)CC2)CC1. The summed E-state index contributed by atoms with van der Waals surface area (Å²) in [5.74, 6) is 1.29. The molecule has 148 valence electrons. The Bertz CT molecular complexity index is 648. The van der Waals surface area contributed by atoms with E-state index in [2.05, 4.69) is 9.88 Å². The molecule has 6 heteroatoms. The van der Waals surface area contributed by atoms with Crippen molar-refractivity contribution >= 4 is 18.1 Å². The first-order valence-electron chi connectivity index (χ1n) is 9.99. The number of aromatic nitrogens is 1. The fourth-order valence-corrected chi connectivity index (χ4v) is 4.14. The summed E-state index contributed by atoms with van der Waals surface area (Å²) in [6, 6.07) is 3.78. The highest BCUT2D eigenvalue weighted by molar-refractivity contribution is 5.76. The van der Waals surface area contributed by atoms with Gasteiger partial charge in [0.25, 0.3) is 0 Å². The van der Waals surface area contributed by atoms with Crippen molar-refractivity contribution in [2.45, 2.75) is 64.1 Å². The van der Waals surface area contributed by atoms with Crippen LogP contribution in [0.25, 0.3) is 0 Å². The molecule has 1 aromatic rings. The maximum Gasteiger partial charge on any atom is 0.305 e. The number of rotatable bonds is 6. The summed E-state index contributed by atoms with van der Waals surface area (Å²) in [5.41, 5.74) is 1.43. The van der Waals surface area contributed by atoms with Crippen molar-refractivity contribution in [1.29, 1.82) is 0 Å². The van der Waals surface area contributed by atoms with Gasteiger partial charge in [0, 0.05) is 25.1 Å². The van der Waals surface area contributed by atoms with Gasteiger partial charge in [-0.2, -0.15) is 0 Å². The number of aryl methyl sites for hydroxylation is 1. The molecule has 0 unspecified atom stereocenters. The fourth-order valence-electron chi connectivity index (χ4n) is 4.14. The van der Waals surface area contributed by atoms with Crippen LogP contribution in [-0.2, 0) is 14.3 Å². The number of methoxy groups -OCH3 is 1. The van der Waals surface area contributed by atoms with E-state index in [1.165, 1.54) is 7.11 Å². The van der Waals surface area contributed by atoms with Crippen LogP contribution in [0.2, 0.25) is 0 Å². The summed E-state index contributed by atoms with van der Waals surface area (Å²) < 4.78 is 11.1. The summed E-state index contributed by atoms with van der Waals surface area (Å²) >= 11 is 0. The van der Waals surface area contributed by atoms with Gasteiger partial charge in [-0.25, -0.2) is 4.98 Å². The van der Waals surface area contributed by atoms with E-state index in [1.54, 1.807) is 0 Å². The smallest absolute Gasteiger partial charge is 0.305 e. The highest BCUT2D eigenvalue weighted by atomic mass is 16.5. The van der Waals surface area contributed by atoms with Crippen LogP contribution in [0.1, 0.15) is 61.0 Å². The van der Waals surface area contributed by atoms with Crippen LogP contribution in [0.5, 0.6) is 0 Å². The molecule has 0 N–H and O–H groups in total. The van der Waals surface area contributed by atoms with Crippen LogP contribution < -0.4 is 4.90 Å². The van der Waals surface area contributed by atoms with Gasteiger partial charge in [0.15, 0.2) is 6.29 Å². The number of pyridine rings is 1. The lowest BCUT2D eigenvalue weighted by molar-refractivity contribution is -0.142. The number of hydrogen-bond acceptors (Lipinski definition) is 6. The number of carbonyl (C=O) groups excluding carboxylic acids is 2. The van der Waals surface area contributed by atoms with E-state index >= 15 is 0 Å². The molecule has 3 rings (SSSR count). The van der Waals surface area contributed by atoms with E-state index in [0.717, 1.165) is 69.4 Å². The second kappa shape index (κ2) is 9.31. The Kier molecular flexibility index (Phi) is 6.83. The third kappa shape index (κ3) is 5.28. The molecule has 6 nitrogen and oxygen atoms in total. The Morgan fingerprint density at radius 2 is 1.81 bits per heavy atom. The largest absolute Gasteiger partial charge is 0.469 e. The zero-order valence-corrected chi connectivity index (χ0v) is 16.4. The quantitative estimate of drug-likeness (QED) is 0.562. The maximum absolute atomic E-state index is 11.4. The average Bonchev–Trinajstić information content (AvgIpc) is 2.70. The van der Waals surface area contributed by atoms with Gasteiger partial charge in [-0.05, 0) is 63.5 Å². The minimum atomic E-state index is -0.100. The van der Waals surface area contributed by atoms with Gasteiger partial charge < -0.3 is 14.4 Å². The molecule has 1 saturated carbocycles.